The Balaban J connectivity index is 1.92. The first-order chi connectivity index (χ1) is 13.2. The van der Waals surface area contributed by atoms with E-state index in [1.165, 1.54) is 13.1 Å². The van der Waals surface area contributed by atoms with Crippen LogP contribution in [0.4, 0.5) is 18.9 Å². The van der Waals surface area contributed by atoms with Gasteiger partial charge in [-0.3, -0.25) is 9.59 Å². The predicted octanol–water partition coefficient (Wildman–Crippen LogP) is 2.71. The molecule has 0 spiro atoms. The molecule has 2 amide bonds. The summed E-state index contributed by atoms with van der Waals surface area (Å²) in [6.45, 7) is -1.72. The van der Waals surface area contributed by atoms with E-state index in [4.69, 9.17) is 6.42 Å². The average molecular weight is 391 g/mol. The number of alkyl halides is 3. The molecule has 2 aromatic rings. The van der Waals surface area contributed by atoms with E-state index in [0.29, 0.717) is 11.3 Å². The number of hydrogen-bond acceptors (Lipinski definition) is 4. The van der Waals surface area contributed by atoms with Gasteiger partial charge in [0.25, 0.3) is 5.91 Å². The number of carbonyl (C=O) groups excluding carboxylic acids is 2. The number of halogens is 3. The van der Waals surface area contributed by atoms with Gasteiger partial charge in [-0.1, -0.05) is 12.0 Å². The van der Waals surface area contributed by atoms with Gasteiger partial charge >= 0.3 is 6.18 Å². The summed E-state index contributed by atoms with van der Waals surface area (Å²) in [6, 6.07) is 9.09. The Kier molecular flexibility index (Phi) is 6.60. The van der Waals surface area contributed by atoms with E-state index in [-0.39, 0.29) is 18.0 Å². The van der Waals surface area contributed by atoms with Crippen LogP contribution in [0.1, 0.15) is 15.9 Å². The van der Waals surface area contributed by atoms with Gasteiger partial charge in [0.2, 0.25) is 11.8 Å². The van der Waals surface area contributed by atoms with E-state index >= 15 is 0 Å². The Bertz CT molecular complexity index is 890. The van der Waals surface area contributed by atoms with Crippen molar-refractivity contribution in [1.29, 1.82) is 0 Å². The van der Waals surface area contributed by atoms with Crippen molar-refractivity contribution >= 4 is 17.5 Å². The lowest BCUT2D eigenvalue weighted by atomic mass is 10.2. The van der Waals surface area contributed by atoms with Crippen LogP contribution in [-0.2, 0) is 4.79 Å². The summed E-state index contributed by atoms with van der Waals surface area (Å²) in [4.78, 5) is 29.2. The molecule has 0 radical (unpaired) electrons. The fourth-order valence-electron chi connectivity index (χ4n) is 2.14. The zero-order valence-electron chi connectivity index (χ0n) is 14.8. The van der Waals surface area contributed by atoms with E-state index in [2.05, 4.69) is 21.0 Å². The van der Waals surface area contributed by atoms with Crippen molar-refractivity contribution in [2.45, 2.75) is 6.18 Å². The first-order valence-corrected chi connectivity index (χ1v) is 7.95. The van der Waals surface area contributed by atoms with Gasteiger partial charge in [0.05, 0.1) is 12.1 Å². The van der Waals surface area contributed by atoms with Crippen LogP contribution in [-0.4, -0.2) is 48.1 Å². The highest BCUT2D eigenvalue weighted by Crippen LogP contribution is 2.17. The Hall–Kier alpha value is -3.54. The molecule has 0 aliphatic carbocycles. The monoisotopic (exact) mass is 391 g/mol. The molecule has 1 heterocycles. The Labute approximate surface area is 159 Å². The summed E-state index contributed by atoms with van der Waals surface area (Å²) in [5.41, 5.74) is 1.19. The third-order valence-corrected chi connectivity index (χ3v) is 3.41. The van der Waals surface area contributed by atoms with Crippen LogP contribution in [0.25, 0.3) is 0 Å². The molecule has 1 N–H and O–H groups in total. The van der Waals surface area contributed by atoms with Crippen molar-refractivity contribution in [3.63, 3.8) is 0 Å². The van der Waals surface area contributed by atoms with Crippen LogP contribution < -0.4 is 10.1 Å². The lowest BCUT2D eigenvalue weighted by Crippen LogP contribution is -2.35. The topological polar surface area (TPSA) is 71.5 Å². The number of pyridine rings is 1. The number of nitrogens with zero attached hydrogens (tertiary/aromatic N) is 2. The lowest BCUT2D eigenvalue weighted by molar-refractivity contribution is -0.154. The van der Waals surface area contributed by atoms with Crippen molar-refractivity contribution in [2.24, 2.45) is 0 Å². The number of carbonyl (C=O) groups is 2. The van der Waals surface area contributed by atoms with E-state index in [1.54, 1.807) is 24.3 Å². The van der Waals surface area contributed by atoms with Gasteiger partial charge < -0.3 is 15.0 Å². The molecule has 0 saturated heterocycles. The van der Waals surface area contributed by atoms with E-state index in [0.717, 1.165) is 17.2 Å². The number of benzene rings is 1. The van der Waals surface area contributed by atoms with Crippen LogP contribution in [0.3, 0.4) is 0 Å². The Morgan fingerprint density at radius 1 is 1.29 bits per heavy atom. The van der Waals surface area contributed by atoms with Gasteiger partial charge in [-0.15, -0.1) is 6.42 Å². The third-order valence-electron chi connectivity index (χ3n) is 3.41. The Morgan fingerprint density at radius 2 is 2.04 bits per heavy atom. The minimum absolute atomic E-state index is 0.101. The molecular formula is C19H16F3N3O3. The molecule has 0 fully saturated rings. The summed E-state index contributed by atoms with van der Waals surface area (Å²) in [5.74, 6) is 1.22. The van der Waals surface area contributed by atoms with Gasteiger partial charge in [0, 0.05) is 30.6 Å². The predicted molar refractivity (Wildman–Crippen MR) is 95.8 cm³/mol. The standard InChI is InChI=1S/C19H16F3N3O3/c1-3-13-5-4-6-15(9-13)24-16(26)11-25(2)18(27)14-7-8-17(23-10-14)28-12-19(20,21)22/h1,4-10H,11-12H2,2H3,(H,24,26). The highest BCUT2D eigenvalue weighted by atomic mass is 19.4. The molecule has 2 rings (SSSR count). The molecular weight excluding hydrogens is 375 g/mol. The van der Waals surface area contributed by atoms with Crippen LogP contribution in [0, 0.1) is 12.3 Å². The number of aromatic nitrogens is 1. The Morgan fingerprint density at radius 3 is 2.64 bits per heavy atom. The zero-order valence-corrected chi connectivity index (χ0v) is 14.8. The molecule has 28 heavy (non-hydrogen) atoms. The maximum atomic E-state index is 12.3. The summed E-state index contributed by atoms with van der Waals surface area (Å²) in [6.07, 6.45) is 1.90. The van der Waals surface area contributed by atoms with Crippen LogP contribution in [0.5, 0.6) is 5.88 Å². The van der Waals surface area contributed by atoms with Crippen molar-refractivity contribution in [3.05, 3.63) is 53.7 Å². The summed E-state index contributed by atoms with van der Waals surface area (Å²) >= 11 is 0. The van der Waals surface area contributed by atoms with Gasteiger partial charge in [0.15, 0.2) is 6.61 Å². The molecule has 1 aromatic heterocycles. The van der Waals surface area contributed by atoms with Crippen LogP contribution >= 0.6 is 0 Å². The van der Waals surface area contributed by atoms with Gasteiger partial charge in [-0.05, 0) is 24.3 Å². The molecule has 0 aliphatic heterocycles. The molecule has 0 bridgehead atoms. The van der Waals surface area contributed by atoms with Gasteiger partial charge in [0.1, 0.15) is 0 Å². The largest absolute Gasteiger partial charge is 0.468 e. The molecule has 0 unspecified atom stereocenters. The molecule has 0 aliphatic rings. The number of nitrogens with one attached hydrogen (secondary N) is 1. The lowest BCUT2D eigenvalue weighted by Gasteiger charge is -2.17. The number of rotatable bonds is 6. The fraction of sp³-hybridized carbons (Fsp3) is 0.211. The summed E-state index contributed by atoms with van der Waals surface area (Å²) in [5, 5.41) is 2.62. The maximum absolute atomic E-state index is 12.3. The first kappa shape index (κ1) is 20.8. The minimum atomic E-state index is -4.48. The molecule has 0 saturated carbocycles. The quantitative estimate of drug-likeness (QED) is 0.769. The number of anilines is 1. The summed E-state index contributed by atoms with van der Waals surface area (Å²) < 4.78 is 40.8. The smallest absolute Gasteiger partial charge is 0.422 e. The maximum Gasteiger partial charge on any atom is 0.422 e. The van der Waals surface area contributed by atoms with Crippen LogP contribution in [0.15, 0.2) is 42.6 Å². The third kappa shape index (κ3) is 6.32. The van der Waals surface area contributed by atoms with E-state index < -0.39 is 24.6 Å². The van der Waals surface area contributed by atoms with Gasteiger partial charge in [-0.2, -0.15) is 13.2 Å². The second-order valence-electron chi connectivity index (χ2n) is 5.72. The number of terminal acetylenes is 1. The average Bonchev–Trinajstić information content (AvgIpc) is 2.65. The van der Waals surface area contributed by atoms with Crippen molar-refractivity contribution in [1.82, 2.24) is 9.88 Å². The van der Waals surface area contributed by atoms with Crippen molar-refractivity contribution < 1.29 is 27.5 Å². The minimum Gasteiger partial charge on any atom is -0.468 e. The highest BCUT2D eigenvalue weighted by molar-refractivity contribution is 5.99. The van der Waals surface area contributed by atoms with E-state index in [9.17, 15) is 22.8 Å². The normalized spacial score (nSPS) is 10.7. The number of amides is 2. The van der Waals surface area contributed by atoms with Crippen LogP contribution in [0.2, 0.25) is 0 Å². The van der Waals surface area contributed by atoms with Gasteiger partial charge in [-0.25, -0.2) is 4.98 Å². The van der Waals surface area contributed by atoms with Crippen molar-refractivity contribution in [2.75, 3.05) is 25.5 Å². The number of ether oxygens (including phenoxy) is 1. The summed E-state index contributed by atoms with van der Waals surface area (Å²) in [7, 11) is 1.41. The number of likely N-dealkylation sites (N-methyl/N-ethyl adjacent to an activating group) is 1. The molecule has 1 aromatic carbocycles. The highest BCUT2D eigenvalue weighted by Gasteiger charge is 2.28. The number of hydrogen-bond donors (Lipinski definition) is 1. The SMILES string of the molecule is C#Cc1cccc(NC(=O)CN(C)C(=O)c2ccc(OCC(F)(F)F)nc2)c1. The second kappa shape index (κ2) is 8.90. The zero-order chi connectivity index (χ0) is 20.7. The molecule has 0 atom stereocenters. The second-order valence-corrected chi connectivity index (χ2v) is 5.72. The molecule has 6 nitrogen and oxygen atoms in total. The molecule has 9 heteroatoms. The first-order valence-electron chi connectivity index (χ1n) is 7.95. The molecule has 146 valence electrons. The fourth-order valence-corrected chi connectivity index (χ4v) is 2.14. The van der Waals surface area contributed by atoms with Crippen molar-refractivity contribution in [3.8, 4) is 18.2 Å². The van der Waals surface area contributed by atoms with E-state index in [1.807, 2.05) is 0 Å².